The fraction of sp³-hybridized carbons (Fsp3) is 0.278. The average molecular weight is 361 g/mol. The third-order valence-corrected chi connectivity index (χ3v) is 4.74. The Bertz CT molecular complexity index is 1070. The normalized spacial score (nSPS) is 16.9. The number of nitrogens with zero attached hydrogens (tertiary/aromatic N) is 7. The molecule has 9 heteroatoms. The molecule has 1 saturated heterocycles. The molecule has 1 unspecified atom stereocenters. The number of nitrogens with one attached hydrogen (secondary N) is 2. The molecule has 0 aromatic carbocycles. The molecule has 0 spiro atoms. The van der Waals surface area contributed by atoms with Crippen LogP contribution in [0.5, 0.6) is 0 Å². The summed E-state index contributed by atoms with van der Waals surface area (Å²) in [4.78, 5) is 14.6. The number of hydrogen-bond acceptors (Lipinski definition) is 7. The largest absolute Gasteiger partial charge is 0.377 e. The fourth-order valence-corrected chi connectivity index (χ4v) is 3.48. The minimum absolute atomic E-state index is 0.282. The Morgan fingerprint density at radius 1 is 1.30 bits per heavy atom. The highest BCUT2D eigenvalue weighted by Gasteiger charge is 2.25. The van der Waals surface area contributed by atoms with Crippen molar-refractivity contribution < 1.29 is 0 Å². The summed E-state index contributed by atoms with van der Waals surface area (Å²) in [6.07, 6.45) is 6.33. The minimum atomic E-state index is 0.282. The molecule has 0 radical (unpaired) electrons. The van der Waals surface area contributed by atoms with Crippen LogP contribution in [-0.2, 0) is 0 Å². The Morgan fingerprint density at radius 2 is 2.26 bits per heavy atom. The first-order chi connectivity index (χ1) is 13.3. The zero-order valence-electron chi connectivity index (χ0n) is 14.9. The number of aromatic amines is 1. The molecule has 2 N–H and O–H groups in total. The highest BCUT2D eigenvalue weighted by molar-refractivity contribution is 5.67. The standard InChI is InChI=1S/C18H19N9/c1-12-9-16(17-24-21-11-27(17)25-12)22-13-5-8-26(10-13)18-20-7-4-15(23-18)14-3-2-6-19-14/h2-4,6-7,9,11,13,19,22H,5,8,10H2,1H3. The second-order valence-corrected chi connectivity index (χ2v) is 6.70. The third-order valence-electron chi connectivity index (χ3n) is 4.74. The maximum atomic E-state index is 4.71. The lowest BCUT2D eigenvalue weighted by Gasteiger charge is -2.18. The second kappa shape index (κ2) is 6.35. The Labute approximate surface area is 155 Å². The van der Waals surface area contributed by atoms with Crippen LogP contribution in [-0.4, -0.2) is 53.9 Å². The Hall–Kier alpha value is -3.49. The SMILES string of the molecule is Cc1cc(NC2CCN(c3nccc(-c4ccc[nH]4)n3)C2)c2nncn2n1. The van der Waals surface area contributed by atoms with Gasteiger partial charge in [0.15, 0.2) is 0 Å². The van der Waals surface area contributed by atoms with Crippen molar-refractivity contribution >= 4 is 17.3 Å². The van der Waals surface area contributed by atoms with E-state index in [1.807, 2.05) is 43.6 Å². The van der Waals surface area contributed by atoms with Gasteiger partial charge in [-0.05, 0) is 37.6 Å². The topological polar surface area (TPSA) is 99.9 Å². The van der Waals surface area contributed by atoms with E-state index in [1.54, 1.807) is 10.8 Å². The van der Waals surface area contributed by atoms with Gasteiger partial charge < -0.3 is 15.2 Å². The van der Waals surface area contributed by atoms with Gasteiger partial charge in [-0.2, -0.15) is 9.61 Å². The summed E-state index contributed by atoms with van der Waals surface area (Å²) in [7, 11) is 0. The van der Waals surface area contributed by atoms with Gasteiger partial charge in [-0.15, -0.1) is 10.2 Å². The summed E-state index contributed by atoms with van der Waals surface area (Å²) in [5, 5.41) is 16.1. The molecule has 1 aliphatic heterocycles. The van der Waals surface area contributed by atoms with E-state index < -0.39 is 0 Å². The predicted molar refractivity (Wildman–Crippen MR) is 102 cm³/mol. The van der Waals surface area contributed by atoms with Gasteiger partial charge in [0.05, 0.1) is 22.8 Å². The van der Waals surface area contributed by atoms with E-state index in [1.165, 1.54) is 0 Å². The molecule has 0 bridgehead atoms. The lowest BCUT2D eigenvalue weighted by Crippen LogP contribution is -2.27. The van der Waals surface area contributed by atoms with Gasteiger partial charge in [-0.1, -0.05) is 0 Å². The van der Waals surface area contributed by atoms with E-state index in [9.17, 15) is 0 Å². The summed E-state index contributed by atoms with van der Waals surface area (Å²) in [6, 6.07) is 8.19. The maximum Gasteiger partial charge on any atom is 0.225 e. The number of anilines is 2. The van der Waals surface area contributed by atoms with Gasteiger partial charge in [0.25, 0.3) is 0 Å². The van der Waals surface area contributed by atoms with Crippen molar-refractivity contribution in [2.45, 2.75) is 19.4 Å². The van der Waals surface area contributed by atoms with Gasteiger partial charge >= 0.3 is 0 Å². The first-order valence-corrected chi connectivity index (χ1v) is 8.92. The molecular weight excluding hydrogens is 342 g/mol. The third kappa shape index (κ3) is 2.97. The average Bonchev–Trinajstić information content (AvgIpc) is 3.43. The van der Waals surface area contributed by atoms with Crippen LogP contribution in [0.3, 0.4) is 0 Å². The Balaban J connectivity index is 1.34. The van der Waals surface area contributed by atoms with Crippen LogP contribution in [0.2, 0.25) is 0 Å². The van der Waals surface area contributed by atoms with Gasteiger partial charge in [0, 0.05) is 31.5 Å². The first-order valence-electron chi connectivity index (χ1n) is 8.92. The minimum Gasteiger partial charge on any atom is -0.377 e. The zero-order valence-corrected chi connectivity index (χ0v) is 14.9. The molecule has 5 heterocycles. The summed E-state index contributed by atoms with van der Waals surface area (Å²) in [6.45, 7) is 3.69. The monoisotopic (exact) mass is 361 g/mol. The number of H-pyrrole nitrogens is 1. The first kappa shape index (κ1) is 15.7. The number of aryl methyl sites for hydroxylation is 1. The van der Waals surface area contributed by atoms with Gasteiger partial charge in [-0.25, -0.2) is 9.97 Å². The summed E-state index contributed by atoms with van der Waals surface area (Å²) in [5.41, 5.74) is 4.50. The zero-order chi connectivity index (χ0) is 18.2. The van der Waals surface area contributed by atoms with Crippen molar-refractivity contribution in [3.05, 3.63) is 48.7 Å². The predicted octanol–water partition coefficient (Wildman–Crippen LogP) is 1.91. The molecule has 136 valence electrons. The second-order valence-electron chi connectivity index (χ2n) is 6.70. The quantitative estimate of drug-likeness (QED) is 0.573. The highest BCUT2D eigenvalue weighted by Crippen LogP contribution is 2.23. The number of hydrogen-bond donors (Lipinski definition) is 2. The molecule has 9 nitrogen and oxygen atoms in total. The van der Waals surface area contributed by atoms with Crippen LogP contribution in [0.25, 0.3) is 17.0 Å². The summed E-state index contributed by atoms with van der Waals surface area (Å²) in [5.74, 6) is 0.755. The molecule has 27 heavy (non-hydrogen) atoms. The molecule has 5 rings (SSSR count). The van der Waals surface area contributed by atoms with Crippen LogP contribution in [0.4, 0.5) is 11.6 Å². The summed E-state index contributed by atoms with van der Waals surface area (Å²) < 4.78 is 1.70. The lowest BCUT2D eigenvalue weighted by molar-refractivity contribution is 0.799. The maximum absolute atomic E-state index is 4.71. The van der Waals surface area contributed by atoms with Crippen molar-refractivity contribution in [3.63, 3.8) is 0 Å². The van der Waals surface area contributed by atoms with Crippen molar-refractivity contribution in [2.75, 3.05) is 23.3 Å². The van der Waals surface area contributed by atoms with Crippen molar-refractivity contribution in [3.8, 4) is 11.4 Å². The molecule has 0 aliphatic carbocycles. The van der Waals surface area contributed by atoms with E-state index in [0.29, 0.717) is 0 Å². The molecular formula is C18H19N9. The number of aromatic nitrogens is 7. The van der Waals surface area contributed by atoms with Crippen molar-refractivity contribution in [1.29, 1.82) is 0 Å². The smallest absolute Gasteiger partial charge is 0.225 e. The Kier molecular flexibility index (Phi) is 3.70. The number of fused-ring (bicyclic) bond motifs is 1. The van der Waals surface area contributed by atoms with E-state index in [0.717, 1.165) is 53.9 Å². The van der Waals surface area contributed by atoms with E-state index in [2.05, 4.69) is 35.5 Å². The fourth-order valence-electron chi connectivity index (χ4n) is 3.48. The van der Waals surface area contributed by atoms with Crippen LogP contribution < -0.4 is 10.2 Å². The number of rotatable bonds is 4. The van der Waals surface area contributed by atoms with Crippen LogP contribution in [0.15, 0.2) is 43.0 Å². The van der Waals surface area contributed by atoms with Crippen LogP contribution in [0, 0.1) is 6.92 Å². The molecule has 0 amide bonds. The summed E-state index contributed by atoms with van der Waals surface area (Å²) >= 11 is 0. The molecule has 0 saturated carbocycles. The van der Waals surface area contributed by atoms with Crippen LogP contribution >= 0.6 is 0 Å². The van der Waals surface area contributed by atoms with Crippen molar-refractivity contribution in [1.82, 2.24) is 34.8 Å². The van der Waals surface area contributed by atoms with Gasteiger partial charge in [0.2, 0.25) is 11.6 Å². The molecule has 1 atom stereocenters. The lowest BCUT2D eigenvalue weighted by atomic mass is 10.2. The molecule has 4 aromatic rings. The molecule has 4 aromatic heterocycles. The van der Waals surface area contributed by atoms with Crippen LogP contribution in [0.1, 0.15) is 12.1 Å². The van der Waals surface area contributed by atoms with E-state index in [-0.39, 0.29) is 6.04 Å². The Morgan fingerprint density at radius 3 is 3.15 bits per heavy atom. The van der Waals surface area contributed by atoms with E-state index in [4.69, 9.17) is 4.98 Å². The molecule has 1 aliphatic rings. The van der Waals surface area contributed by atoms with Gasteiger partial charge in [0.1, 0.15) is 6.33 Å². The van der Waals surface area contributed by atoms with Gasteiger partial charge in [-0.3, -0.25) is 0 Å². The molecule has 1 fully saturated rings. The highest BCUT2D eigenvalue weighted by atomic mass is 15.4. The van der Waals surface area contributed by atoms with Crippen molar-refractivity contribution in [2.24, 2.45) is 0 Å². The van der Waals surface area contributed by atoms with E-state index >= 15 is 0 Å².